The number of carbonyl (C=O) groups excluding carboxylic acids is 1. The Bertz CT molecular complexity index is 980. The highest BCUT2D eigenvalue weighted by Crippen LogP contribution is 2.42. The molecule has 5 nitrogen and oxygen atoms in total. The van der Waals surface area contributed by atoms with Crippen molar-refractivity contribution >= 4 is 6.16 Å². The zero-order chi connectivity index (χ0) is 20.1. The molecule has 4 aromatic rings. The van der Waals surface area contributed by atoms with Gasteiger partial charge in [-0.25, -0.2) is 9.78 Å². The molecule has 0 aliphatic carbocycles. The third-order valence-corrected chi connectivity index (χ3v) is 4.88. The SMILES string of the molecule is COC(=O)Oc1nccn1C(c1ccccc1)(c1ccccc1)c1ccccc1. The van der Waals surface area contributed by atoms with E-state index in [1.165, 1.54) is 7.11 Å². The lowest BCUT2D eigenvalue weighted by atomic mass is 9.76. The number of hydrogen-bond acceptors (Lipinski definition) is 4. The average Bonchev–Trinajstić information content (AvgIpc) is 3.25. The number of carbonyl (C=O) groups is 1. The van der Waals surface area contributed by atoms with Crippen LogP contribution in [0.5, 0.6) is 6.01 Å². The minimum absolute atomic E-state index is 0.147. The Kier molecular flexibility index (Phi) is 5.12. The molecule has 0 atom stereocenters. The van der Waals surface area contributed by atoms with Gasteiger partial charge in [-0.3, -0.25) is 4.57 Å². The second-order valence-electron chi connectivity index (χ2n) is 6.44. The highest BCUT2D eigenvalue weighted by Gasteiger charge is 2.40. The molecule has 0 aliphatic heterocycles. The van der Waals surface area contributed by atoms with E-state index in [2.05, 4.69) is 41.4 Å². The van der Waals surface area contributed by atoms with Crippen LogP contribution in [0.15, 0.2) is 103 Å². The lowest BCUT2D eigenvalue weighted by Crippen LogP contribution is -2.38. The molecule has 0 amide bonds. The molecule has 3 aromatic carbocycles. The van der Waals surface area contributed by atoms with Crippen LogP contribution in [-0.2, 0) is 10.3 Å². The van der Waals surface area contributed by atoms with Crippen molar-refractivity contribution in [2.24, 2.45) is 0 Å². The molecular formula is C24H20N2O3. The van der Waals surface area contributed by atoms with Gasteiger partial charge in [0.1, 0.15) is 5.54 Å². The maximum atomic E-state index is 11.9. The van der Waals surface area contributed by atoms with Crippen molar-refractivity contribution in [2.75, 3.05) is 7.11 Å². The third kappa shape index (κ3) is 3.27. The topological polar surface area (TPSA) is 53.4 Å². The van der Waals surface area contributed by atoms with Gasteiger partial charge in [0, 0.05) is 12.4 Å². The van der Waals surface area contributed by atoms with E-state index < -0.39 is 11.7 Å². The van der Waals surface area contributed by atoms with E-state index >= 15 is 0 Å². The van der Waals surface area contributed by atoms with Crippen molar-refractivity contribution < 1.29 is 14.3 Å². The number of benzene rings is 3. The fraction of sp³-hybridized carbons (Fsp3) is 0.0833. The van der Waals surface area contributed by atoms with Crippen molar-refractivity contribution in [3.63, 3.8) is 0 Å². The van der Waals surface area contributed by atoms with Crippen molar-refractivity contribution in [1.82, 2.24) is 9.55 Å². The molecule has 0 bridgehead atoms. The van der Waals surface area contributed by atoms with Gasteiger partial charge in [0.25, 0.3) is 0 Å². The van der Waals surface area contributed by atoms with Gasteiger partial charge in [0.15, 0.2) is 0 Å². The molecule has 144 valence electrons. The van der Waals surface area contributed by atoms with Crippen LogP contribution in [0.25, 0.3) is 0 Å². The van der Waals surface area contributed by atoms with Crippen LogP contribution in [0.3, 0.4) is 0 Å². The summed E-state index contributed by atoms with van der Waals surface area (Å²) in [7, 11) is 1.27. The number of ether oxygens (including phenoxy) is 2. The predicted octanol–water partition coefficient (Wildman–Crippen LogP) is 4.87. The van der Waals surface area contributed by atoms with Gasteiger partial charge in [0.2, 0.25) is 0 Å². The number of nitrogens with zero attached hydrogens (tertiary/aromatic N) is 2. The molecule has 0 N–H and O–H groups in total. The summed E-state index contributed by atoms with van der Waals surface area (Å²) in [6.07, 6.45) is 2.60. The van der Waals surface area contributed by atoms with E-state index in [-0.39, 0.29) is 6.01 Å². The number of hydrogen-bond donors (Lipinski definition) is 0. The van der Waals surface area contributed by atoms with Crippen LogP contribution in [0, 0.1) is 0 Å². The van der Waals surface area contributed by atoms with Crippen LogP contribution >= 0.6 is 0 Å². The molecule has 0 spiro atoms. The summed E-state index contributed by atoms with van der Waals surface area (Å²) in [6.45, 7) is 0. The highest BCUT2D eigenvalue weighted by atomic mass is 16.7. The molecule has 29 heavy (non-hydrogen) atoms. The molecule has 1 aromatic heterocycles. The lowest BCUT2D eigenvalue weighted by molar-refractivity contribution is 0.115. The molecule has 0 radical (unpaired) electrons. The van der Waals surface area contributed by atoms with Crippen LogP contribution in [-0.4, -0.2) is 22.8 Å². The smallest absolute Gasteiger partial charge is 0.437 e. The van der Waals surface area contributed by atoms with Crippen LogP contribution in [0.2, 0.25) is 0 Å². The Labute approximate surface area is 169 Å². The van der Waals surface area contributed by atoms with Gasteiger partial charge < -0.3 is 9.47 Å². The first-order chi connectivity index (χ1) is 14.3. The molecule has 4 rings (SSSR count). The molecule has 0 unspecified atom stereocenters. The summed E-state index contributed by atoms with van der Waals surface area (Å²) in [5.74, 6) is 0. The number of imidazole rings is 1. The Morgan fingerprint density at radius 3 is 1.66 bits per heavy atom. The van der Waals surface area contributed by atoms with Gasteiger partial charge in [-0.1, -0.05) is 91.0 Å². The van der Waals surface area contributed by atoms with E-state index in [9.17, 15) is 4.79 Å². The first-order valence-electron chi connectivity index (χ1n) is 9.23. The number of aromatic nitrogens is 2. The van der Waals surface area contributed by atoms with Crippen molar-refractivity contribution in [3.05, 3.63) is 120 Å². The summed E-state index contributed by atoms with van der Waals surface area (Å²) in [4.78, 5) is 16.2. The first-order valence-corrected chi connectivity index (χ1v) is 9.23. The summed E-state index contributed by atoms with van der Waals surface area (Å²) in [5.41, 5.74) is 2.21. The minimum Gasteiger partial charge on any atom is -0.437 e. The molecule has 0 aliphatic rings. The van der Waals surface area contributed by atoms with E-state index in [1.54, 1.807) is 6.20 Å². The van der Waals surface area contributed by atoms with Crippen LogP contribution < -0.4 is 4.74 Å². The minimum atomic E-state index is -0.819. The molecule has 0 saturated heterocycles. The Morgan fingerprint density at radius 2 is 1.24 bits per heavy atom. The monoisotopic (exact) mass is 384 g/mol. The average molecular weight is 384 g/mol. The zero-order valence-electron chi connectivity index (χ0n) is 15.9. The van der Waals surface area contributed by atoms with E-state index in [4.69, 9.17) is 9.47 Å². The molecular weight excluding hydrogens is 364 g/mol. The van der Waals surface area contributed by atoms with E-state index in [1.807, 2.05) is 65.4 Å². The number of methoxy groups -OCH3 is 1. The van der Waals surface area contributed by atoms with Crippen molar-refractivity contribution in [2.45, 2.75) is 5.54 Å². The van der Waals surface area contributed by atoms with Gasteiger partial charge in [-0.05, 0) is 16.7 Å². The maximum absolute atomic E-state index is 11.9. The predicted molar refractivity (Wildman–Crippen MR) is 110 cm³/mol. The largest absolute Gasteiger partial charge is 0.516 e. The van der Waals surface area contributed by atoms with E-state index in [0.29, 0.717) is 0 Å². The first kappa shape index (κ1) is 18.5. The van der Waals surface area contributed by atoms with E-state index in [0.717, 1.165) is 16.7 Å². The Hall–Kier alpha value is -3.86. The van der Waals surface area contributed by atoms with Gasteiger partial charge >= 0.3 is 12.2 Å². The van der Waals surface area contributed by atoms with Crippen molar-refractivity contribution in [3.8, 4) is 6.01 Å². The lowest BCUT2D eigenvalue weighted by Gasteiger charge is -2.37. The fourth-order valence-electron chi connectivity index (χ4n) is 3.69. The highest BCUT2D eigenvalue weighted by molar-refractivity contribution is 5.62. The normalized spacial score (nSPS) is 11.1. The second kappa shape index (κ2) is 8.02. The molecule has 1 heterocycles. The summed E-state index contributed by atoms with van der Waals surface area (Å²) in [6, 6.07) is 30.4. The zero-order valence-corrected chi connectivity index (χ0v) is 15.9. The van der Waals surface area contributed by atoms with Gasteiger partial charge in [-0.15, -0.1) is 0 Å². The fourth-order valence-corrected chi connectivity index (χ4v) is 3.69. The Balaban J connectivity index is 2.08. The van der Waals surface area contributed by atoms with Gasteiger partial charge in [-0.2, -0.15) is 0 Å². The summed E-state index contributed by atoms with van der Waals surface area (Å²) < 4.78 is 12.0. The number of rotatable bonds is 5. The third-order valence-electron chi connectivity index (χ3n) is 4.88. The summed E-state index contributed by atoms with van der Waals surface area (Å²) in [5, 5.41) is 0. The van der Waals surface area contributed by atoms with Crippen molar-refractivity contribution in [1.29, 1.82) is 0 Å². The van der Waals surface area contributed by atoms with Crippen LogP contribution in [0.1, 0.15) is 16.7 Å². The molecule has 0 saturated carbocycles. The molecule has 0 fully saturated rings. The van der Waals surface area contributed by atoms with Gasteiger partial charge in [0.05, 0.1) is 7.11 Å². The molecule has 5 heteroatoms. The quantitative estimate of drug-likeness (QED) is 0.364. The Morgan fingerprint density at radius 1 is 0.793 bits per heavy atom. The second-order valence-corrected chi connectivity index (χ2v) is 6.44. The standard InChI is InChI=1S/C24H20N2O3/c1-28-23(27)29-22-25-17-18-26(22)24(19-11-5-2-6-12-19,20-13-7-3-8-14-20)21-15-9-4-10-16-21/h2-18H,1H3. The maximum Gasteiger partial charge on any atom is 0.516 e. The summed E-state index contributed by atoms with van der Waals surface area (Å²) >= 11 is 0. The van der Waals surface area contributed by atoms with Crippen LogP contribution in [0.4, 0.5) is 4.79 Å².